The van der Waals surface area contributed by atoms with Gasteiger partial charge >= 0.3 is 6.03 Å². The molecule has 1 atom stereocenters. The number of fused-ring (bicyclic) bond motifs is 2. The van der Waals surface area contributed by atoms with Gasteiger partial charge in [-0.3, -0.25) is 0 Å². The first kappa shape index (κ1) is 17.9. The molecule has 1 saturated heterocycles. The lowest BCUT2D eigenvalue weighted by Crippen LogP contribution is -2.40. The second kappa shape index (κ2) is 6.88. The summed E-state index contributed by atoms with van der Waals surface area (Å²) in [7, 11) is -1.37. The van der Waals surface area contributed by atoms with E-state index in [-0.39, 0.29) is 23.6 Å². The number of sulfone groups is 1. The van der Waals surface area contributed by atoms with Gasteiger partial charge in [-0.2, -0.15) is 0 Å². The molecule has 2 aromatic carbocycles. The van der Waals surface area contributed by atoms with E-state index in [1.165, 1.54) is 16.0 Å². The largest absolute Gasteiger partial charge is 0.355 e. The summed E-state index contributed by atoms with van der Waals surface area (Å²) >= 11 is 0. The lowest BCUT2D eigenvalue weighted by atomic mass is 10.0. The van der Waals surface area contributed by atoms with E-state index in [2.05, 4.69) is 22.8 Å². The van der Waals surface area contributed by atoms with Crippen molar-refractivity contribution in [2.24, 2.45) is 0 Å². The fraction of sp³-hybridized carbons (Fsp3) is 0.350. The van der Waals surface area contributed by atoms with E-state index in [0.717, 1.165) is 24.2 Å². The third kappa shape index (κ3) is 3.78. The zero-order chi connectivity index (χ0) is 19.0. The van der Waals surface area contributed by atoms with Crippen LogP contribution in [0.4, 0.5) is 21.9 Å². The second-order valence-corrected chi connectivity index (χ2v) is 9.48. The van der Waals surface area contributed by atoms with Crippen LogP contribution in [0, 0.1) is 0 Å². The molecule has 0 radical (unpaired) electrons. The van der Waals surface area contributed by atoms with Crippen LogP contribution in [0.1, 0.15) is 17.5 Å². The van der Waals surface area contributed by atoms with Crippen LogP contribution >= 0.6 is 0 Å². The molecule has 0 saturated carbocycles. The van der Waals surface area contributed by atoms with Gasteiger partial charge in [0, 0.05) is 30.2 Å². The van der Waals surface area contributed by atoms with Crippen molar-refractivity contribution in [3.63, 3.8) is 0 Å². The van der Waals surface area contributed by atoms with Crippen LogP contribution in [0.2, 0.25) is 0 Å². The summed E-state index contributed by atoms with van der Waals surface area (Å²) in [4.78, 5) is 14.0. The smallest absolute Gasteiger partial charge is 0.321 e. The number of nitrogens with zero attached hydrogens (tertiary/aromatic N) is 1. The predicted molar refractivity (Wildman–Crippen MR) is 107 cm³/mol. The third-order valence-electron chi connectivity index (χ3n) is 5.39. The molecule has 0 spiro atoms. The van der Waals surface area contributed by atoms with Crippen molar-refractivity contribution in [2.45, 2.75) is 25.3 Å². The summed E-state index contributed by atoms with van der Waals surface area (Å²) in [5.41, 5.74) is 5.26. The molecule has 0 aliphatic carbocycles. The van der Waals surface area contributed by atoms with Crippen molar-refractivity contribution < 1.29 is 13.2 Å². The van der Waals surface area contributed by atoms with Crippen molar-refractivity contribution in [3.05, 3.63) is 53.6 Å². The first-order chi connectivity index (χ1) is 12.9. The van der Waals surface area contributed by atoms with Crippen LogP contribution in [0.15, 0.2) is 42.5 Å². The molecule has 6 nitrogen and oxygen atoms in total. The Morgan fingerprint density at radius 2 is 1.85 bits per heavy atom. The maximum atomic E-state index is 12.5. The number of urea groups is 1. The topological polar surface area (TPSA) is 78.5 Å². The number of hydrogen-bond donors (Lipinski definition) is 2. The highest BCUT2D eigenvalue weighted by molar-refractivity contribution is 7.91. The second-order valence-electron chi connectivity index (χ2n) is 7.25. The Labute approximate surface area is 159 Å². The Morgan fingerprint density at radius 3 is 2.59 bits per heavy atom. The molecule has 2 aliphatic heterocycles. The third-order valence-corrected chi connectivity index (χ3v) is 7.14. The quantitative estimate of drug-likeness (QED) is 0.832. The number of nitrogens with one attached hydrogen (secondary N) is 2. The zero-order valence-corrected chi connectivity index (χ0v) is 16.1. The number of aryl methyl sites for hydroxylation is 2. The molecule has 0 bridgehead atoms. The Bertz CT molecular complexity index is 988. The van der Waals surface area contributed by atoms with Crippen LogP contribution in [0.25, 0.3) is 0 Å². The van der Waals surface area contributed by atoms with Gasteiger partial charge in [0.2, 0.25) is 0 Å². The fourth-order valence-electron chi connectivity index (χ4n) is 3.72. The standard InChI is InChI=1S/C20H23N3O3S/c1-23(17-10-11-27(25,26)13-17)20(24)21-16-9-8-15-7-6-14-4-2-3-5-18(14)22-19(15)12-16/h2-5,8-9,12,17,22H,6-7,10-11,13H2,1H3,(H,21,24). The van der Waals surface area contributed by atoms with Crippen molar-refractivity contribution in [3.8, 4) is 0 Å². The first-order valence-corrected chi connectivity index (χ1v) is 11.0. The summed E-state index contributed by atoms with van der Waals surface area (Å²) in [6.07, 6.45) is 2.41. The minimum atomic E-state index is -3.02. The molecule has 1 unspecified atom stereocenters. The molecule has 2 amide bonds. The van der Waals surface area contributed by atoms with Crippen LogP contribution in [0.5, 0.6) is 0 Å². The summed E-state index contributed by atoms with van der Waals surface area (Å²) < 4.78 is 23.3. The lowest BCUT2D eigenvalue weighted by Gasteiger charge is -2.24. The Balaban J connectivity index is 1.50. The highest BCUT2D eigenvalue weighted by atomic mass is 32.2. The van der Waals surface area contributed by atoms with Gasteiger partial charge in [0.15, 0.2) is 9.84 Å². The van der Waals surface area contributed by atoms with Crippen LogP contribution < -0.4 is 10.6 Å². The molecular weight excluding hydrogens is 362 g/mol. The van der Waals surface area contributed by atoms with E-state index in [1.807, 2.05) is 30.3 Å². The molecule has 1 fully saturated rings. The number of carbonyl (C=O) groups is 1. The molecule has 2 N–H and O–H groups in total. The molecule has 0 aromatic heterocycles. The van der Waals surface area contributed by atoms with Crippen molar-refractivity contribution in [2.75, 3.05) is 29.2 Å². The van der Waals surface area contributed by atoms with Gasteiger partial charge in [-0.05, 0) is 48.6 Å². The molecule has 2 aliphatic rings. The van der Waals surface area contributed by atoms with Gasteiger partial charge in [0.25, 0.3) is 0 Å². The maximum absolute atomic E-state index is 12.5. The summed E-state index contributed by atoms with van der Waals surface area (Å²) in [5.74, 6) is 0.191. The number of benzene rings is 2. The van der Waals surface area contributed by atoms with Crippen molar-refractivity contribution in [1.29, 1.82) is 0 Å². The van der Waals surface area contributed by atoms with Gasteiger partial charge < -0.3 is 15.5 Å². The van der Waals surface area contributed by atoms with E-state index in [4.69, 9.17) is 0 Å². The van der Waals surface area contributed by atoms with Crippen LogP contribution in [0.3, 0.4) is 0 Å². The summed E-state index contributed by atoms with van der Waals surface area (Å²) in [5, 5.41) is 6.36. The number of hydrogen-bond acceptors (Lipinski definition) is 4. The average molecular weight is 385 g/mol. The first-order valence-electron chi connectivity index (χ1n) is 9.13. The number of rotatable bonds is 2. The monoisotopic (exact) mass is 385 g/mol. The fourth-order valence-corrected chi connectivity index (χ4v) is 5.50. The van der Waals surface area contributed by atoms with E-state index >= 15 is 0 Å². The molecule has 2 heterocycles. The van der Waals surface area contributed by atoms with Crippen molar-refractivity contribution >= 4 is 32.9 Å². The molecule has 7 heteroatoms. The molecule has 142 valence electrons. The Morgan fingerprint density at radius 1 is 1.11 bits per heavy atom. The van der Waals surface area contributed by atoms with Gasteiger partial charge in [0.1, 0.15) is 0 Å². The average Bonchev–Trinajstić information content (AvgIpc) is 2.90. The van der Waals surface area contributed by atoms with E-state index in [9.17, 15) is 13.2 Å². The van der Waals surface area contributed by atoms with E-state index in [0.29, 0.717) is 12.1 Å². The molecular formula is C20H23N3O3S. The Hall–Kier alpha value is -2.54. The predicted octanol–water partition coefficient (Wildman–Crippen LogP) is 3.18. The summed E-state index contributed by atoms with van der Waals surface area (Å²) in [6.45, 7) is 0. The zero-order valence-electron chi connectivity index (χ0n) is 15.2. The molecule has 2 aromatic rings. The van der Waals surface area contributed by atoms with Gasteiger partial charge in [-0.25, -0.2) is 13.2 Å². The highest BCUT2D eigenvalue weighted by Crippen LogP contribution is 2.31. The van der Waals surface area contributed by atoms with E-state index in [1.54, 1.807) is 7.05 Å². The number of amides is 2. The minimum Gasteiger partial charge on any atom is -0.355 e. The summed E-state index contributed by atoms with van der Waals surface area (Å²) in [6, 6.07) is 13.6. The number of anilines is 3. The molecule has 4 rings (SSSR count). The lowest BCUT2D eigenvalue weighted by molar-refractivity contribution is 0.209. The van der Waals surface area contributed by atoms with Crippen LogP contribution in [-0.4, -0.2) is 43.9 Å². The van der Waals surface area contributed by atoms with Crippen LogP contribution in [-0.2, 0) is 22.7 Å². The maximum Gasteiger partial charge on any atom is 0.321 e. The normalized spacial score (nSPS) is 20.0. The molecule has 27 heavy (non-hydrogen) atoms. The van der Waals surface area contributed by atoms with Gasteiger partial charge in [-0.15, -0.1) is 0 Å². The Kier molecular flexibility index (Phi) is 4.55. The number of carbonyl (C=O) groups excluding carboxylic acids is 1. The van der Waals surface area contributed by atoms with E-state index < -0.39 is 9.84 Å². The highest BCUT2D eigenvalue weighted by Gasteiger charge is 2.32. The minimum absolute atomic E-state index is 0.0411. The van der Waals surface area contributed by atoms with Crippen molar-refractivity contribution in [1.82, 2.24) is 4.90 Å². The van der Waals surface area contributed by atoms with Gasteiger partial charge in [-0.1, -0.05) is 24.3 Å². The SMILES string of the molecule is CN(C(=O)Nc1ccc2c(c1)Nc1ccccc1CC2)C1CCS(=O)(=O)C1. The number of para-hydroxylation sites is 1. The van der Waals surface area contributed by atoms with Gasteiger partial charge in [0.05, 0.1) is 11.5 Å².